The van der Waals surface area contributed by atoms with E-state index in [0.29, 0.717) is 13.1 Å². The normalized spacial score (nSPS) is 14.2. The van der Waals surface area contributed by atoms with E-state index >= 15 is 0 Å². The quantitative estimate of drug-likeness (QED) is 0.703. The molecule has 20 heavy (non-hydrogen) atoms. The molecule has 0 saturated heterocycles. The van der Waals surface area contributed by atoms with E-state index in [-0.39, 0.29) is 17.9 Å². The van der Waals surface area contributed by atoms with Crippen LogP contribution in [0.4, 0.5) is 4.79 Å². The first-order chi connectivity index (χ1) is 9.21. The fourth-order valence-electron chi connectivity index (χ4n) is 1.76. The number of alkyl carbamates (subject to hydrolysis) is 1. The Hall–Kier alpha value is -1.54. The molecule has 0 rings (SSSR count). The summed E-state index contributed by atoms with van der Waals surface area (Å²) < 4.78 is 5.19. The zero-order chi connectivity index (χ0) is 15.8. The van der Waals surface area contributed by atoms with E-state index in [9.17, 15) is 10.1 Å². The number of nitrogens with one attached hydrogen (secondary N) is 2. The molecule has 5 heteroatoms. The maximum atomic E-state index is 11.7. The Morgan fingerprint density at radius 2 is 2.05 bits per heavy atom. The smallest absolute Gasteiger partial charge is 0.407 e. The van der Waals surface area contributed by atoms with E-state index in [1.165, 1.54) is 0 Å². The molecule has 0 aromatic carbocycles. The molecule has 114 valence electrons. The van der Waals surface area contributed by atoms with Gasteiger partial charge in [0.05, 0.1) is 6.07 Å². The van der Waals surface area contributed by atoms with Crippen LogP contribution in [0.3, 0.4) is 0 Å². The maximum Gasteiger partial charge on any atom is 0.407 e. The van der Waals surface area contributed by atoms with Crippen molar-refractivity contribution in [3.05, 3.63) is 12.7 Å². The highest BCUT2D eigenvalue weighted by Crippen LogP contribution is 2.15. The largest absolute Gasteiger partial charge is 0.444 e. The summed E-state index contributed by atoms with van der Waals surface area (Å²) in [5.74, 6) is 0.263. The molecular weight excluding hydrogens is 254 g/mol. The van der Waals surface area contributed by atoms with Crippen LogP contribution < -0.4 is 10.6 Å². The summed E-state index contributed by atoms with van der Waals surface area (Å²) in [5, 5.41) is 15.1. The van der Waals surface area contributed by atoms with Gasteiger partial charge >= 0.3 is 6.09 Å². The van der Waals surface area contributed by atoms with Gasteiger partial charge in [0.1, 0.15) is 11.6 Å². The summed E-state index contributed by atoms with van der Waals surface area (Å²) in [5.41, 5.74) is -0.521. The van der Waals surface area contributed by atoms with Crippen molar-refractivity contribution in [1.29, 1.82) is 5.26 Å². The summed E-state index contributed by atoms with van der Waals surface area (Å²) in [6.45, 7) is 14.1. The standard InChI is InChI=1S/C15H27N3O2/c1-7-8-17-13(9-16)12(11(2)3)10-18-14(19)20-15(4,5)6/h7,11-13,17H,1,8,10H2,2-6H3,(H,18,19). The number of hydrogen-bond acceptors (Lipinski definition) is 4. The molecule has 0 aliphatic carbocycles. The predicted octanol–water partition coefficient (Wildman–Crippen LogP) is 2.45. The van der Waals surface area contributed by atoms with Gasteiger partial charge in [-0.2, -0.15) is 5.26 Å². The number of rotatable bonds is 7. The molecule has 0 spiro atoms. The fourth-order valence-corrected chi connectivity index (χ4v) is 1.76. The highest BCUT2D eigenvalue weighted by Gasteiger charge is 2.25. The minimum atomic E-state index is -0.521. The fraction of sp³-hybridized carbons (Fsp3) is 0.733. The highest BCUT2D eigenvalue weighted by atomic mass is 16.6. The van der Waals surface area contributed by atoms with Crippen LogP contribution in [0.2, 0.25) is 0 Å². The minimum absolute atomic E-state index is 0.00692. The van der Waals surface area contributed by atoms with Crippen molar-refractivity contribution < 1.29 is 9.53 Å². The lowest BCUT2D eigenvalue weighted by molar-refractivity contribution is 0.0512. The first-order valence-electron chi connectivity index (χ1n) is 6.92. The van der Waals surface area contributed by atoms with Crippen LogP contribution >= 0.6 is 0 Å². The van der Waals surface area contributed by atoms with Gasteiger partial charge in [-0.15, -0.1) is 6.58 Å². The van der Waals surface area contributed by atoms with E-state index in [1.807, 2.05) is 34.6 Å². The van der Waals surface area contributed by atoms with E-state index in [0.717, 1.165) is 0 Å². The Morgan fingerprint density at radius 1 is 1.45 bits per heavy atom. The Morgan fingerprint density at radius 3 is 2.45 bits per heavy atom. The Bertz CT molecular complexity index is 353. The van der Waals surface area contributed by atoms with Gasteiger partial charge in [0.2, 0.25) is 0 Å². The Labute approximate surface area is 122 Å². The van der Waals surface area contributed by atoms with Gasteiger partial charge in [-0.05, 0) is 26.7 Å². The number of amides is 1. The summed E-state index contributed by atoms with van der Waals surface area (Å²) in [7, 11) is 0. The minimum Gasteiger partial charge on any atom is -0.444 e. The second kappa shape index (κ2) is 8.60. The topological polar surface area (TPSA) is 74.2 Å². The summed E-state index contributed by atoms with van der Waals surface area (Å²) in [6.07, 6.45) is 1.26. The second-order valence-electron chi connectivity index (χ2n) is 6.09. The zero-order valence-electron chi connectivity index (χ0n) is 13.2. The molecule has 0 bridgehead atoms. The molecule has 5 nitrogen and oxygen atoms in total. The molecule has 0 aromatic heterocycles. The lowest BCUT2D eigenvalue weighted by atomic mass is 9.89. The lowest BCUT2D eigenvalue weighted by Crippen LogP contribution is -2.45. The average Bonchev–Trinajstić information content (AvgIpc) is 2.30. The summed E-state index contributed by atoms with van der Waals surface area (Å²) >= 11 is 0. The molecule has 0 aromatic rings. The van der Waals surface area contributed by atoms with Crippen molar-refractivity contribution in [2.24, 2.45) is 11.8 Å². The molecule has 2 atom stereocenters. The van der Waals surface area contributed by atoms with Crippen molar-refractivity contribution in [1.82, 2.24) is 10.6 Å². The van der Waals surface area contributed by atoms with E-state index < -0.39 is 11.7 Å². The average molecular weight is 281 g/mol. The van der Waals surface area contributed by atoms with E-state index in [2.05, 4.69) is 23.3 Å². The maximum absolute atomic E-state index is 11.7. The lowest BCUT2D eigenvalue weighted by Gasteiger charge is -2.27. The van der Waals surface area contributed by atoms with Gasteiger partial charge in [0.25, 0.3) is 0 Å². The first-order valence-corrected chi connectivity index (χ1v) is 6.92. The first kappa shape index (κ1) is 18.5. The van der Waals surface area contributed by atoms with Crippen LogP contribution in [-0.2, 0) is 4.74 Å². The second-order valence-corrected chi connectivity index (χ2v) is 6.09. The van der Waals surface area contributed by atoms with Gasteiger partial charge in [-0.3, -0.25) is 5.32 Å². The number of nitriles is 1. The van der Waals surface area contributed by atoms with Gasteiger partial charge in [-0.25, -0.2) is 4.79 Å². The summed E-state index contributed by atoms with van der Waals surface area (Å²) in [6, 6.07) is 1.91. The zero-order valence-corrected chi connectivity index (χ0v) is 13.2. The van der Waals surface area contributed by atoms with Crippen LogP contribution in [0, 0.1) is 23.2 Å². The van der Waals surface area contributed by atoms with Crippen molar-refractivity contribution in [3.63, 3.8) is 0 Å². The monoisotopic (exact) mass is 281 g/mol. The molecule has 1 amide bonds. The number of hydrogen-bond donors (Lipinski definition) is 2. The third kappa shape index (κ3) is 7.80. The third-order valence-corrected chi connectivity index (χ3v) is 2.79. The van der Waals surface area contributed by atoms with Crippen molar-refractivity contribution in [3.8, 4) is 6.07 Å². The van der Waals surface area contributed by atoms with Gasteiger partial charge in [-0.1, -0.05) is 19.9 Å². The Kier molecular flexibility index (Phi) is 7.93. The van der Waals surface area contributed by atoms with E-state index in [4.69, 9.17) is 4.74 Å². The van der Waals surface area contributed by atoms with Crippen LogP contribution in [0.15, 0.2) is 12.7 Å². The molecule has 0 radical (unpaired) electrons. The third-order valence-electron chi connectivity index (χ3n) is 2.79. The van der Waals surface area contributed by atoms with Gasteiger partial charge in [0, 0.05) is 19.0 Å². The van der Waals surface area contributed by atoms with Gasteiger partial charge in [0.15, 0.2) is 0 Å². The van der Waals surface area contributed by atoms with Crippen LogP contribution in [0.5, 0.6) is 0 Å². The molecule has 0 saturated carbocycles. The molecule has 2 N–H and O–H groups in total. The van der Waals surface area contributed by atoms with Crippen LogP contribution in [-0.4, -0.2) is 30.8 Å². The van der Waals surface area contributed by atoms with Gasteiger partial charge < -0.3 is 10.1 Å². The van der Waals surface area contributed by atoms with Crippen molar-refractivity contribution >= 4 is 6.09 Å². The van der Waals surface area contributed by atoms with E-state index in [1.54, 1.807) is 6.08 Å². The highest BCUT2D eigenvalue weighted by molar-refractivity contribution is 5.67. The number of ether oxygens (including phenoxy) is 1. The number of carbonyl (C=O) groups excluding carboxylic acids is 1. The van der Waals surface area contributed by atoms with Crippen molar-refractivity contribution in [2.45, 2.75) is 46.3 Å². The summed E-state index contributed by atoms with van der Waals surface area (Å²) in [4.78, 5) is 11.7. The van der Waals surface area contributed by atoms with Crippen molar-refractivity contribution in [2.75, 3.05) is 13.1 Å². The predicted molar refractivity (Wildman–Crippen MR) is 80.2 cm³/mol. The van der Waals surface area contributed by atoms with Crippen LogP contribution in [0.25, 0.3) is 0 Å². The molecular formula is C15H27N3O2. The van der Waals surface area contributed by atoms with Crippen LogP contribution in [0.1, 0.15) is 34.6 Å². The molecule has 0 heterocycles. The molecule has 0 fully saturated rings. The molecule has 0 aliphatic heterocycles. The number of carbonyl (C=O) groups is 1. The molecule has 0 aliphatic rings. The number of nitrogens with zero attached hydrogens (tertiary/aromatic N) is 1. The molecule has 2 unspecified atom stereocenters. The SMILES string of the molecule is C=CCNC(C#N)C(CNC(=O)OC(C)(C)C)C(C)C. The Balaban J connectivity index is 4.51.